The van der Waals surface area contributed by atoms with Crippen LogP contribution in [0.1, 0.15) is 24.8 Å². The van der Waals surface area contributed by atoms with E-state index in [0.29, 0.717) is 5.15 Å². The topological polar surface area (TPSA) is 16.1 Å². The number of pyridine rings is 1. The number of rotatable bonds is 4. The summed E-state index contributed by atoms with van der Waals surface area (Å²) in [5.74, 6) is 0. The molecule has 1 fully saturated rings. The quantitative estimate of drug-likeness (QED) is 0.732. The molecule has 0 spiro atoms. The van der Waals surface area contributed by atoms with Crippen LogP contribution in [-0.4, -0.2) is 29.5 Å². The van der Waals surface area contributed by atoms with Crippen molar-refractivity contribution in [3.63, 3.8) is 0 Å². The van der Waals surface area contributed by atoms with Gasteiger partial charge in [0, 0.05) is 6.20 Å². The summed E-state index contributed by atoms with van der Waals surface area (Å²) in [6, 6.07) is 4.02. The van der Waals surface area contributed by atoms with Crippen LogP contribution in [0.3, 0.4) is 0 Å². The third-order valence-corrected chi connectivity index (χ3v) is 3.14. The van der Waals surface area contributed by atoms with Crippen LogP contribution >= 0.6 is 11.6 Å². The van der Waals surface area contributed by atoms with Gasteiger partial charge in [-0.15, -0.1) is 0 Å². The lowest BCUT2D eigenvalue weighted by molar-refractivity contribution is 0.334. The van der Waals surface area contributed by atoms with E-state index in [-0.39, 0.29) is 0 Å². The molecule has 0 unspecified atom stereocenters. The molecule has 15 heavy (non-hydrogen) atoms. The molecule has 0 radical (unpaired) electrons. The highest BCUT2D eigenvalue weighted by Gasteiger charge is 2.10. The maximum Gasteiger partial charge on any atom is 0.129 e. The average Bonchev–Trinajstić information content (AvgIpc) is 2.71. The first-order valence-corrected chi connectivity index (χ1v) is 6.05. The van der Waals surface area contributed by atoms with Crippen molar-refractivity contribution in [2.75, 3.05) is 19.6 Å². The van der Waals surface area contributed by atoms with Crippen LogP contribution in [0, 0.1) is 0 Å². The average molecular weight is 225 g/mol. The Morgan fingerprint density at radius 1 is 1.33 bits per heavy atom. The summed E-state index contributed by atoms with van der Waals surface area (Å²) in [6.45, 7) is 3.80. The van der Waals surface area contributed by atoms with E-state index in [1.165, 1.54) is 44.5 Å². The Labute approximate surface area is 96.3 Å². The molecule has 0 atom stereocenters. The standard InChI is InChI=1S/C12H17ClN2/c13-12-10-11(5-6-14-12)4-3-9-15-7-1-2-8-15/h5-6,10H,1-4,7-9H2. The summed E-state index contributed by atoms with van der Waals surface area (Å²) in [5.41, 5.74) is 1.30. The lowest BCUT2D eigenvalue weighted by atomic mass is 10.1. The summed E-state index contributed by atoms with van der Waals surface area (Å²) >= 11 is 5.83. The Balaban J connectivity index is 1.73. The van der Waals surface area contributed by atoms with E-state index in [2.05, 4.69) is 16.0 Å². The number of nitrogens with zero attached hydrogens (tertiary/aromatic N) is 2. The van der Waals surface area contributed by atoms with Gasteiger partial charge in [-0.3, -0.25) is 0 Å². The minimum atomic E-state index is 0.605. The van der Waals surface area contributed by atoms with Gasteiger partial charge in [-0.1, -0.05) is 11.6 Å². The number of aromatic nitrogens is 1. The van der Waals surface area contributed by atoms with Crippen LogP contribution in [0.2, 0.25) is 5.15 Å². The van der Waals surface area contributed by atoms with Gasteiger partial charge in [0.2, 0.25) is 0 Å². The van der Waals surface area contributed by atoms with E-state index in [9.17, 15) is 0 Å². The molecular formula is C12H17ClN2. The summed E-state index contributed by atoms with van der Waals surface area (Å²) in [4.78, 5) is 6.52. The number of likely N-dealkylation sites (tertiary alicyclic amines) is 1. The molecule has 2 nitrogen and oxygen atoms in total. The summed E-state index contributed by atoms with van der Waals surface area (Å²) in [5, 5.41) is 0.605. The van der Waals surface area contributed by atoms with Gasteiger partial charge in [-0.2, -0.15) is 0 Å². The Hall–Kier alpha value is -0.600. The van der Waals surface area contributed by atoms with E-state index < -0.39 is 0 Å². The highest BCUT2D eigenvalue weighted by molar-refractivity contribution is 6.29. The molecule has 1 aliphatic rings. The fourth-order valence-electron chi connectivity index (χ4n) is 2.11. The summed E-state index contributed by atoms with van der Waals surface area (Å²) < 4.78 is 0. The van der Waals surface area contributed by atoms with Crippen molar-refractivity contribution in [1.82, 2.24) is 9.88 Å². The molecule has 2 heterocycles. The van der Waals surface area contributed by atoms with Crippen molar-refractivity contribution in [2.45, 2.75) is 25.7 Å². The first kappa shape index (κ1) is 10.9. The van der Waals surface area contributed by atoms with E-state index in [1.54, 1.807) is 6.20 Å². The molecule has 0 aliphatic carbocycles. The van der Waals surface area contributed by atoms with Crippen LogP contribution in [0.15, 0.2) is 18.3 Å². The van der Waals surface area contributed by atoms with Crippen LogP contribution in [-0.2, 0) is 6.42 Å². The second kappa shape index (κ2) is 5.47. The Bertz CT molecular complexity index is 308. The van der Waals surface area contributed by atoms with Gasteiger partial charge in [-0.05, 0) is 63.0 Å². The largest absolute Gasteiger partial charge is 0.303 e. The zero-order valence-electron chi connectivity index (χ0n) is 8.95. The van der Waals surface area contributed by atoms with Crippen molar-refractivity contribution < 1.29 is 0 Å². The van der Waals surface area contributed by atoms with Crippen molar-refractivity contribution >= 4 is 11.6 Å². The van der Waals surface area contributed by atoms with E-state index in [1.807, 2.05) is 6.07 Å². The van der Waals surface area contributed by atoms with E-state index >= 15 is 0 Å². The zero-order valence-corrected chi connectivity index (χ0v) is 9.71. The monoisotopic (exact) mass is 224 g/mol. The SMILES string of the molecule is Clc1cc(CCCN2CCCC2)ccn1. The van der Waals surface area contributed by atoms with Gasteiger partial charge >= 0.3 is 0 Å². The summed E-state index contributed by atoms with van der Waals surface area (Å²) in [7, 11) is 0. The van der Waals surface area contributed by atoms with Crippen LogP contribution in [0.25, 0.3) is 0 Å². The molecule has 1 aromatic heterocycles. The minimum absolute atomic E-state index is 0.605. The molecule has 3 heteroatoms. The smallest absolute Gasteiger partial charge is 0.129 e. The van der Waals surface area contributed by atoms with Crippen molar-refractivity contribution in [2.24, 2.45) is 0 Å². The Kier molecular flexibility index (Phi) is 3.98. The van der Waals surface area contributed by atoms with Crippen molar-refractivity contribution in [3.05, 3.63) is 29.0 Å². The minimum Gasteiger partial charge on any atom is -0.303 e. The number of hydrogen-bond donors (Lipinski definition) is 0. The fourth-order valence-corrected chi connectivity index (χ4v) is 2.31. The van der Waals surface area contributed by atoms with Gasteiger partial charge in [0.1, 0.15) is 5.15 Å². The molecule has 1 aromatic rings. The molecule has 0 saturated carbocycles. The van der Waals surface area contributed by atoms with Gasteiger partial charge in [0.15, 0.2) is 0 Å². The highest BCUT2D eigenvalue weighted by Crippen LogP contribution is 2.11. The van der Waals surface area contributed by atoms with E-state index in [0.717, 1.165) is 6.42 Å². The van der Waals surface area contributed by atoms with Gasteiger partial charge in [0.05, 0.1) is 0 Å². The molecule has 2 rings (SSSR count). The first-order chi connectivity index (χ1) is 7.34. The molecule has 1 aliphatic heterocycles. The highest BCUT2D eigenvalue weighted by atomic mass is 35.5. The number of aryl methyl sites for hydroxylation is 1. The molecular weight excluding hydrogens is 208 g/mol. The van der Waals surface area contributed by atoms with E-state index in [4.69, 9.17) is 11.6 Å². The molecule has 0 bridgehead atoms. The molecule has 1 saturated heterocycles. The molecule has 82 valence electrons. The predicted molar refractivity (Wildman–Crippen MR) is 63.2 cm³/mol. The molecule has 0 aromatic carbocycles. The number of halogens is 1. The van der Waals surface area contributed by atoms with Crippen LogP contribution in [0.5, 0.6) is 0 Å². The summed E-state index contributed by atoms with van der Waals surface area (Å²) in [6.07, 6.45) is 6.87. The van der Waals surface area contributed by atoms with Crippen LogP contribution in [0.4, 0.5) is 0 Å². The first-order valence-electron chi connectivity index (χ1n) is 5.67. The normalized spacial score (nSPS) is 17.1. The Morgan fingerprint density at radius 2 is 2.13 bits per heavy atom. The maximum atomic E-state index is 5.83. The second-order valence-electron chi connectivity index (χ2n) is 4.14. The van der Waals surface area contributed by atoms with Gasteiger partial charge in [0.25, 0.3) is 0 Å². The lowest BCUT2D eigenvalue weighted by Gasteiger charge is -2.13. The number of hydrogen-bond acceptors (Lipinski definition) is 2. The third-order valence-electron chi connectivity index (χ3n) is 2.93. The second-order valence-corrected chi connectivity index (χ2v) is 4.53. The lowest BCUT2D eigenvalue weighted by Crippen LogP contribution is -2.20. The van der Waals surface area contributed by atoms with Crippen molar-refractivity contribution in [3.8, 4) is 0 Å². The van der Waals surface area contributed by atoms with Gasteiger partial charge in [-0.25, -0.2) is 4.98 Å². The van der Waals surface area contributed by atoms with Crippen LogP contribution < -0.4 is 0 Å². The zero-order chi connectivity index (χ0) is 10.5. The third kappa shape index (κ3) is 3.47. The van der Waals surface area contributed by atoms with Crippen molar-refractivity contribution in [1.29, 1.82) is 0 Å². The fraction of sp³-hybridized carbons (Fsp3) is 0.583. The van der Waals surface area contributed by atoms with Gasteiger partial charge < -0.3 is 4.90 Å². The predicted octanol–water partition coefficient (Wildman–Crippen LogP) is 2.76. The Morgan fingerprint density at radius 3 is 2.87 bits per heavy atom. The molecule has 0 N–H and O–H groups in total. The maximum absolute atomic E-state index is 5.83. The molecule has 0 amide bonds.